The van der Waals surface area contributed by atoms with E-state index in [0.717, 1.165) is 25.0 Å². The summed E-state index contributed by atoms with van der Waals surface area (Å²) in [6.07, 6.45) is 15.6. The van der Waals surface area contributed by atoms with Crippen LogP contribution in [0.1, 0.15) is 130 Å². The molecule has 2 rings (SSSR count). The second-order valence-corrected chi connectivity index (χ2v) is 15.9. The van der Waals surface area contributed by atoms with Gasteiger partial charge in [0.05, 0.1) is 24.4 Å². The lowest BCUT2D eigenvalue weighted by Gasteiger charge is -2.33. The van der Waals surface area contributed by atoms with Crippen LogP contribution in [0.3, 0.4) is 0 Å². The van der Waals surface area contributed by atoms with Gasteiger partial charge in [0.15, 0.2) is 5.78 Å². The Kier molecular flexibility index (Phi) is 23.6. The van der Waals surface area contributed by atoms with Crippen LogP contribution in [-0.2, 0) is 19.2 Å². The maximum absolute atomic E-state index is 13.9. The highest BCUT2D eigenvalue weighted by Crippen LogP contribution is 2.24. The number of nitrogens with two attached hydrogens (primary N) is 1. The number of aliphatic hydroxyl groups is 2. The van der Waals surface area contributed by atoms with Gasteiger partial charge in [0, 0.05) is 49.9 Å². The smallest absolute Gasteiger partial charge is 0.264 e. The van der Waals surface area contributed by atoms with Gasteiger partial charge >= 0.3 is 0 Å². The van der Waals surface area contributed by atoms with E-state index in [2.05, 4.69) is 62.6 Å². The summed E-state index contributed by atoms with van der Waals surface area (Å²) in [5, 5.41) is 46.2. The van der Waals surface area contributed by atoms with E-state index in [1.54, 1.807) is 27.0 Å². The summed E-state index contributed by atoms with van der Waals surface area (Å²) >= 11 is 0. The molecule has 12 N–H and O–H groups in total. The number of nitrogens with one attached hydrogen (secondary N) is 8. The molecule has 3 amide bonds. The summed E-state index contributed by atoms with van der Waals surface area (Å²) in [6, 6.07) is -2.76. The molecule has 0 aromatic carbocycles. The number of carbonyl (C=O) groups excluding carboxylic acids is 4. The standard InChI is InChI=1S/C41H75N9O6/c1-7-8-9-10-11-12-13-14-15-16-17-18-19-20-35(51)49-34(22-32-24-44-26-46-32)41(56)48-30(6)39(54)50-36(27(2)3)37(52)28(4)33(21-31-23-43-25-45-31)40(55)47-29(5)38(42)53/h24,27,30-31,33-34,36,39-40,43-47,50,54-55H,4-5,7-23,25-26H2,1-3,6H3,(H2,42,53)(H,48,56)(H,49,51)/t30-,31?,33+,34-,36-,39?,40?/m0/s1. The number of carbonyl (C=O) groups is 4. The van der Waals surface area contributed by atoms with Crippen molar-refractivity contribution in [2.45, 2.75) is 167 Å². The van der Waals surface area contributed by atoms with E-state index in [0.29, 0.717) is 32.7 Å². The van der Waals surface area contributed by atoms with Crippen molar-refractivity contribution in [2.75, 3.05) is 19.9 Å². The predicted octanol–water partition coefficient (Wildman–Crippen LogP) is 2.33. The Morgan fingerprint density at radius 1 is 0.857 bits per heavy atom. The molecule has 1 saturated heterocycles. The van der Waals surface area contributed by atoms with Crippen LogP contribution >= 0.6 is 0 Å². The fourth-order valence-electron chi connectivity index (χ4n) is 7.03. The van der Waals surface area contributed by atoms with Crippen molar-refractivity contribution < 1.29 is 29.4 Å². The topological polar surface area (TPSA) is 231 Å². The van der Waals surface area contributed by atoms with Crippen molar-refractivity contribution in [2.24, 2.45) is 17.6 Å². The van der Waals surface area contributed by atoms with Gasteiger partial charge in [0.1, 0.15) is 18.5 Å². The Bertz CT molecular complexity index is 1270. The van der Waals surface area contributed by atoms with E-state index in [9.17, 15) is 29.4 Å². The van der Waals surface area contributed by atoms with Crippen LogP contribution in [0.15, 0.2) is 36.3 Å². The maximum Gasteiger partial charge on any atom is 0.264 e. The van der Waals surface area contributed by atoms with Crippen molar-refractivity contribution in [1.82, 2.24) is 42.5 Å². The summed E-state index contributed by atoms with van der Waals surface area (Å²) in [7, 11) is 0. The quantitative estimate of drug-likeness (QED) is 0.0268. The second-order valence-electron chi connectivity index (χ2n) is 15.9. The van der Waals surface area contributed by atoms with Crippen molar-refractivity contribution in [3.63, 3.8) is 0 Å². The maximum atomic E-state index is 13.9. The lowest BCUT2D eigenvalue weighted by Crippen LogP contribution is -2.58. The van der Waals surface area contributed by atoms with Gasteiger partial charge in [0.2, 0.25) is 11.8 Å². The zero-order valence-electron chi connectivity index (χ0n) is 34.7. The normalized spacial score (nSPS) is 18.4. The molecule has 0 aromatic rings. The van der Waals surface area contributed by atoms with E-state index in [-0.39, 0.29) is 35.6 Å². The minimum Gasteiger partial charge on any atom is -0.376 e. The third-order valence-electron chi connectivity index (χ3n) is 10.6. The van der Waals surface area contributed by atoms with Gasteiger partial charge in [-0.2, -0.15) is 0 Å². The lowest BCUT2D eigenvalue weighted by atomic mass is 9.84. The minimum absolute atomic E-state index is 0.0806. The number of primary amides is 1. The van der Waals surface area contributed by atoms with Crippen LogP contribution in [0.25, 0.3) is 0 Å². The first kappa shape index (κ1) is 48.6. The highest BCUT2D eigenvalue weighted by Gasteiger charge is 2.36. The monoisotopic (exact) mass is 790 g/mol. The first-order valence-electron chi connectivity index (χ1n) is 21.1. The molecular weight excluding hydrogens is 715 g/mol. The minimum atomic E-state index is -1.39. The molecular formula is C41H75N9O6. The molecule has 7 atom stereocenters. The molecule has 2 aliphatic rings. The fourth-order valence-corrected chi connectivity index (χ4v) is 7.03. The molecule has 0 saturated carbocycles. The molecule has 3 unspecified atom stereocenters. The van der Waals surface area contributed by atoms with Crippen LogP contribution in [0.4, 0.5) is 0 Å². The largest absolute Gasteiger partial charge is 0.376 e. The molecule has 2 aliphatic heterocycles. The Morgan fingerprint density at radius 3 is 1.98 bits per heavy atom. The molecule has 0 aromatic heterocycles. The van der Waals surface area contributed by atoms with E-state index in [1.165, 1.54) is 64.2 Å². The number of rotatable bonds is 32. The Hall–Kier alpha value is -3.50. The molecule has 15 nitrogen and oxygen atoms in total. The van der Waals surface area contributed by atoms with Crippen LogP contribution < -0.4 is 48.3 Å². The molecule has 1 fully saturated rings. The summed E-state index contributed by atoms with van der Waals surface area (Å²) < 4.78 is 0. The van der Waals surface area contributed by atoms with Crippen LogP contribution in [0.2, 0.25) is 0 Å². The van der Waals surface area contributed by atoms with Crippen molar-refractivity contribution in [3.8, 4) is 0 Å². The van der Waals surface area contributed by atoms with E-state index in [1.807, 2.05) is 0 Å². The van der Waals surface area contributed by atoms with Gasteiger partial charge in [-0.05, 0) is 31.3 Å². The van der Waals surface area contributed by atoms with Crippen molar-refractivity contribution in [3.05, 3.63) is 36.3 Å². The van der Waals surface area contributed by atoms with Gasteiger partial charge in [-0.25, -0.2) is 0 Å². The number of Topliss-reactive ketones (excluding diaryl/α,β-unsaturated/α-hetero) is 1. The van der Waals surface area contributed by atoms with Gasteiger partial charge in [0.25, 0.3) is 5.91 Å². The second kappa shape index (κ2) is 27.2. The molecule has 2 heterocycles. The van der Waals surface area contributed by atoms with Crippen molar-refractivity contribution in [1.29, 1.82) is 0 Å². The number of hydrogen-bond donors (Lipinski definition) is 11. The Morgan fingerprint density at radius 2 is 1.46 bits per heavy atom. The van der Waals surface area contributed by atoms with Crippen LogP contribution in [0.5, 0.6) is 0 Å². The number of ketones is 1. The first-order chi connectivity index (χ1) is 26.7. The van der Waals surface area contributed by atoms with E-state index < -0.39 is 54.1 Å². The lowest BCUT2D eigenvalue weighted by molar-refractivity contribution is -0.130. The average Bonchev–Trinajstić information content (AvgIpc) is 3.88. The SMILES string of the molecule is C=C(NC(O)[C@H](CC1CNCN1)C(=C)C(=O)[C@@H](NC(O)[C@H](C)NC(=O)[C@H](CC1=CNCN1)NC(=O)CCCCCCCCCCCCCCC)C(C)C)C(N)=O. The summed E-state index contributed by atoms with van der Waals surface area (Å²) in [4.78, 5) is 52.2. The zero-order chi connectivity index (χ0) is 41.5. The zero-order valence-corrected chi connectivity index (χ0v) is 34.7. The first-order valence-corrected chi connectivity index (χ1v) is 21.1. The van der Waals surface area contributed by atoms with E-state index >= 15 is 0 Å². The summed E-state index contributed by atoms with van der Waals surface area (Å²) in [6.45, 7) is 16.7. The molecule has 0 spiro atoms. The molecule has 15 heteroatoms. The molecule has 0 bridgehead atoms. The highest BCUT2D eigenvalue weighted by atomic mass is 16.3. The number of aliphatic hydroxyl groups excluding tert-OH is 2. The van der Waals surface area contributed by atoms with Crippen LogP contribution in [-0.4, -0.2) is 90.2 Å². The Labute approximate surface area is 335 Å². The summed E-state index contributed by atoms with van der Waals surface area (Å²) in [5.74, 6) is -3.10. The number of hydrogen-bond acceptors (Lipinski definition) is 12. The third-order valence-corrected chi connectivity index (χ3v) is 10.6. The van der Waals surface area contributed by atoms with Crippen molar-refractivity contribution >= 4 is 23.5 Å². The molecule has 320 valence electrons. The van der Waals surface area contributed by atoms with Gasteiger partial charge in [-0.15, -0.1) is 0 Å². The third kappa shape index (κ3) is 18.6. The van der Waals surface area contributed by atoms with Crippen LogP contribution in [0, 0.1) is 11.8 Å². The summed E-state index contributed by atoms with van der Waals surface area (Å²) in [5.41, 5.74) is 5.97. The molecule has 56 heavy (non-hydrogen) atoms. The average molecular weight is 790 g/mol. The fraction of sp³-hybridized carbons (Fsp3) is 0.756. The van der Waals surface area contributed by atoms with Gasteiger partial charge in [-0.3, -0.25) is 24.5 Å². The van der Waals surface area contributed by atoms with Gasteiger partial charge < -0.3 is 53.2 Å². The number of amides is 3. The Balaban J connectivity index is 1.93. The predicted molar refractivity (Wildman–Crippen MR) is 221 cm³/mol. The highest BCUT2D eigenvalue weighted by molar-refractivity contribution is 5.99. The molecule has 0 aliphatic carbocycles. The number of unbranched alkanes of at least 4 members (excludes halogenated alkanes) is 12. The van der Waals surface area contributed by atoms with Gasteiger partial charge in [-0.1, -0.05) is 111 Å². The molecule has 0 radical (unpaired) electrons. The van der Waals surface area contributed by atoms with E-state index in [4.69, 9.17) is 5.73 Å².